The average molecular weight is 396 g/mol. The zero-order chi connectivity index (χ0) is 20.9. The number of hydrogen-bond donors (Lipinski definition) is 2. The van der Waals surface area contributed by atoms with E-state index < -0.39 is 35.6 Å². The molecule has 2 amide bonds. The summed E-state index contributed by atoms with van der Waals surface area (Å²) in [5.74, 6) is -0.877. The van der Waals surface area contributed by atoms with Crippen molar-refractivity contribution in [3.8, 4) is 0 Å². The number of ether oxygens (including phenoxy) is 2. The van der Waals surface area contributed by atoms with Crippen molar-refractivity contribution in [1.29, 1.82) is 0 Å². The number of amides is 2. The predicted molar refractivity (Wildman–Crippen MR) is 101 cm³/mol. The molecule has 2 atom stereocenters. The number of methoxy groups -OCH3 is 1. The van der Waals surface area contributed by atoms with Crippen molar-refractivity contribution >= 4 is 12.0 Å². The molecule has 0 radical (unpaired) electrons. The van der Waals surface area contributed by atoms with Crippen LogP contribution in [0.3, 0.4) is 0 Å². The lowest BCUT2D eigenvalue weighted by Gasteiger charge is -2.35. The van der Waals surface area contributed by atoms with Gasteiger partial charge in [-0.3, -0.25) is 4.79 Å². The van der Waals surface area contributed by atoms with Gasteiger partial charge in [0.25, 0.3) is 0 Å². The van der Waals surface area contributed by atoms with Crippen LogP contribution in [0.1, 0.15) is 45.3 Å². The Morgan fingerprint density at radius 3 is 2.29 bits per heavy atom. The minimum atomic E-state index is -1.35. The maximum Gasteiger partial charge on any atom is 0.408 e. The van der Waals surface area contributed by atoms with E-state index in [0.717, 1.165) is 0 Å². The molecule has 1 aromatic rings. The summed E-state index contributed by atoms with van der Waals surface area (Å²) in [6.45, 7) is 6.03. The van der Waals surface area contributed by atoms with Gasteiger partial charge in [-0.1, -0.05) is 12.1 Å². The number of aliphatic hydroxyl groups is 1. The number of nitrogens with one attached hydrogen (secondary N) is 1. The van der Waals surface area contributed by atoms with Crippen LogP contribution < -0.4 is 5.32 Å². The molecule has 2 N–H and O–H groups in total. The molecule has 1 fully saturated rings. The zero-order valence-corrected chi connectivity index (χ0v) is 16.8. The van der Waals surface area contributed by atoms with E-state index in [-0.39, 0.29) is 6.10 Å². The van der Waals surface area contributed by atoms with Crippen molar-refractivity contribution in [2.45, 2.75) is 57.5 Å². The van der Waals surface area contributed by atoms with Gasteiger partial charge in [0.1, 0.15) is 23.6 Å². The fourth-order valence-electron chi connectivity index (χ4n) is 3.07. The smallest absolute Gasteiger partial charge is 0.408 e. The molecule has 1 aliphatic rings. The van der Waals surface area contributed by atoms with Crippen molar-refractivity contribution in [2.24, 2.45) is 0 Å². The largest absolute Gasteiger partial charge is 0.444 e. The monoisotopic (exact) mass is 396 g/mol. The van der Waals surface area contributed by atoms with Gasteiger partial charge in [0.05, 0.1) is 6.10 Å². The van der Waals surface area contributed by atoms with Gasteiger partial charge in [0.15, 0.2) is 0 Å². The normalized spacial score (nSPS) is 17.7. The molecule has 1 saturated heterocycles. The quantitative estimate of drug-likeness (QED) is 0.798. The molecule has 0 aromatic heterocycles. The predicted octanol–water partition coefficient (Wildman–Crippen LogP) is 2.39. The van der Waals surface area contributed by atoms with Crippen LogP contribution in [0, 0.1) is 5.82 Å². The first-order valence-corrected chi connectivity index (χ1v) is 9.35. The van der Waals surface area contributed by atoms with E-state index in [4.69, 9.17) is 9.47 Å². The van der Waals surface area contributed by atoms with Crippen LogP contribution in [0.2, 0.25) is 0 Å². The topological polar surface area (TPSA) is 88.1 Å². The fourth-order valence-corrected chi connectivity index (χ4v) is 3.07. The number of piperidine rings is 1. The first-order chi connectivity index (χ1) is 13.1. The SMILES string of the molecule is COC1CCN(C(=O)[C@H](NC(=O)OC(C)(C)C)[C@@H](O)c2ccc(F)cc2)CC1. The second kappa shape index (κ2) is 9.34. The Kier molecular flexibility index (Phi) is 7.37. The first kappa shape index (κ1) is 22.1. The maximum atomic E-state index is 13.2. The summed E-state index contributed by atoms with van der Waals surface area (Å²) in [7, 11) is 1.63. The molecule has 1 aromatic carbocycles. The van der Waals surface area contributed by atoms with E-state index in [0.29, 0.717) is 31.5 Å². The number of nitrogens with zero attached hydrogens (tertiary/aromatic N) is 1. The number of aliphatic hydroxyl groups excluding tert-OH is 1. The number of halogens is 1. The number of hydrogen-bond acceptors (Lipinski definition) is 5. The Balaban J connectivity index is 2.18. The molecule has 8 heteroatoms. The van der Waals surface area contributed by atoms with E-state index in [1.165, 1.54) is 24.3 Å². The molecule has 7 nitrogen and oxygen atoms in total. The highest BCUT2D eigenvalue weighted by atomic mass is 19.1. The summed E-state index contributed by atoms with van der Waals surface area (Å²) in [5, 5.41) is 13.2. The van der Waals surface area contributed by atoms with Crippen molar-refractivity contribution in [3.63, 3.8) is 0 Å². The number of alkyl carbamates (subject to hydrolysis) is 1. The van der Waals surface area contributed by atoms with E-state index in [2.05, 4.69) is 5.32 Å². The van der Waals surface area contributed by atoms with Crippen molar-refractivity contribution in [1.82, 2.24) is 10.2 Å². The second-order valence-corrected chi connectivity index (χ2v) is 7.88. The molecule has 0 spiro atoms. The summed E-state index contributed by atoms with van der Waals surface area (Å²) in [4.78, 5) is 26.9. The van der Waals surface area contributed by atoms with E-state index in [1.807, 2.05) is 0 Å². The summed E-state index contributed by atoms with van der Waals surface area (Å²) in [6.07, 6.45) is -0.717. The first-order valence-electron chi connectivity index (χ1n) is 9.35. The Bertz CT molecular complexity index is 666. The molecule has 156 valence electrons. The van der Waals surface area contributed by atoms with Crippen LogP contribution >= 0.6 is 0 Å². The molecule has 1 heterocycles. The van der Waals surface area contributed by atoms with Crippen LogP contribution in [0.15, 0.2) is 24.3 Å². The highest BCUT2D eigenvalue weighted by Gasteiger charge is 2.35. The molecule has 0 saturated carbocycles. The van der Waals surface area contributed by atoms with Gasteiger partial charge in [0.2, 0.25) is 5.91 Å². The van der Waals surface area contributed by atoms with Gasteiger partial charge in [-0.2, -0.15) is 0 Å². The molecule has 2 rings (SSSR count). The maximum absolute atomic E-state index is 13.2. The standard InChI is InChI=1S/C20H29FN2O5/c1-20(2,3)28-19(26)22-16(17(24)13-5-7-14(21)8-6-13)18(25)23-11-9-15(27-4)10-12-23/h5-8,15-17,24H,9-12H2,1-4H3,(H,22,26)/t16-,17+/m1/s1. The molecule has 0 bridgehead atoms. The lowest BCUT2D eigenvalue weighted by atomic mass is 9.99. The van der Waals surface area contributed by atoms with Gasteiger partial charge in [0, 0.05) is 20.2 Å². The lowest BCUT2D eigenvalue weighted by molar-refractivity contribution is -0.138. The van der Waals surface area contributed by atoms with Crippen molar-refractivity contribution in [2.75, 3.05) is 20.2 Å². The third kappa shape index (κ3) is 6.17. The van der Waals surface area contributed by atoms with Crippen LogP contribution in [0.4, 0.5) is 9.18 Å². The number of rotatable bonds is 5. The zero-order valence-electron chi connectivity index (χ0n) is 16.8. The highest BCUT2D eigenvalue weighted by molar-refractivity contribution is 5.86. The fraction of sp³-hybridized carbons (Fsp3) is 0.600. The van der Waals surface area contributed by atoms with Crippen LogP contribution in [0.25, 0.3) is 0 Å². The summed E-state index contributed by atoms with van der Waals surface area (Å²) >= 11 is 0. The van der Waals surface area contributed by atoms with E-state index >= 15 is 0 Å². The summed E-state index contributed by atoms with van der Waals surface area (Å²) in [5.41, 5.74) is -0.433. The molecule has 1 aliphatic heterocycles. The number of benzene rings is 1. The highest BCUT2D eigenvalue weighted by Crippen LogP contribution is 2.22. The Morgan fingerprint density at radius 1 is 1.21 bits per heavy atom. The Morgan fingerprint density at radius 2 is 1.79 bits per heavy atom. The summed E-state index contributed by atoms with van der Waals surface area (Å²) in [6, 6.07) is 3.90. The number of carbonyl (C=O) groups is 2. The molecule has 0 aliphatic carbocycles. The minimum absolute atomic E-state index is 0.0864. The Hall–Kier alpha value is -2.19. The lowest BCUT2D eigenvalue weighted by Crippen LogP contribution is -2.54. The third-order valence-electron chi connectivity index (χ3n) is 4.55. The van der Waals surface area contributed by atoms with Crippen molar-refractivity contribution in [3.05, 3.63) is 35.6 Å². The van der Waals surface area contributed by atoms with E-state index in [1.54, 1.807) is 32.8 Å². The van der Waals surface area contributed by atoms with Gasteiger partial charge < -0.3 is 24.8 Å². The second-order valence-electron chi connectivity index (χ2n) is 7.88. The minimum Gasteiger partial charge on any atom is -0.444 e. The van der Waals surface area contributed by atoms with Gasteiger partial charge in [-0.25, -0.2) is 9.18 Å². The third-order valence-corrected chi connectivity index (χ3v) is 4.55. The van der Waals surface area contributed by atoms with Crippen LogP contribution in [0.5, 0.6) is 0 Å². The molecule has 0 unspecified atom stereocenters. The molecular formula is C20H29FN2O5. The summed E-state index contributed by atoms with van der Waals surface area (Å²) < 4.78 is 23.8. The van der Waals surface area contributed by atoms with Crippen LogP contribution in [-0.2, 0) is 14.3 Å². The van der Waals surface area contributed by atoms with E-state index in [9.17, 15) is 19.1 Å². The van der Waals surface area contributed by atoms with Gasteiger partial charge >= 0.3 is 6.09 Å². The Labute approximate surface area is 164 Å². The number of carbonyl (C=O) groups excluding carboxylic acids is 2. The molecule has 28 heavy (non-hydrogen) atoms. The van der Waals surface area contributed by atoms with Gasteiger partial charge in [-0.15, -0.1) is 0 Å². The molecular weight excluding hydrogens is 367 g/mol. The average Bonchev–Trinajstić information content (AvgIpc) is 2.64. The van der Waals surface area contributed by atoms with Crippen molar-refractivity contribution < 1.29 is 28.6 Å². The van der Waals surface area contributed by atoms with Gasteiger partial charge in [-0.05, 0) is 51.3 Å². The van der Waals surface area contributed by atoms with Crippen LogP contribution in [-0.4, -0.2) is 60.0 Å². The number of likely N-dealkylation sites (tertiary alicyclic amines) is 1.